The smallest absolute Gasteiger partial charge is 0.245 e. The highest BCUT2D eigenvalue weighted by atomic mass is 16.5. The first-order valence-electron chi connectivity index (χ1n) is 8.69. The Labute approximate surface area is 150 Å². The van der Waals surface area contributed by atoms with Crippen molar-refractivity contribution in [1.29, 1.82) is 0 Å². The lowest BCUT2D eigenvalue weighted by Crippen LogP contribution is -2.42. The molecule has 0 bridgehead atoms. The SMILES string of the molecule is CC(CC(=O)N(CCN(C)C)CC(=O)Nc1ccon1)CC(C)(C)C. The Morgan fingerprint density at radius 2 is 1.96 bits per heavy atom. The Hall–Kier alpha value is -1.89. The Morgan fingerprint density at radius 1 is 1.28 bits per heavy atom. The number of carbonyl (C=O) groups is 2. The normalized spacial score (nSPS) is 12.9. The maximum Gasteiger partial charge on any atom is 0.245 e. The monoisotopic (exact) mass is 352 g/mol. The van der Waals surface area contributed by atoms with Gasteiger partial charge in [-0.1, -0.05) is 32.9 Å². The molecule has 142 valence electrons. The molecule has 7 nitrogen and oxygen atoms in total. The van der Waals surface area contributed by atoms with Crippen LogP contribution in [0.3, 0.4) is 0 Å². The van der Waals surface area contributed by atoms with Crippen molar-refractivity contribution in [3.8, 4) is 0 Å². The number of nitrogens with one attached hydrogen (secondary N) is 1. The number of hydrogen-bond acceptors (Lipinski definition) is 5. The minimum atomic E-state index is -0.274. The molecule has 1 aromatic heterocycles. The van der Waals surface area contributed by atoms with Crippen LogP contribution in [0.15, 0.2) is 16.9 Å². The van der Waals surface area contributed by atoms with E-state index in [1.165, 1.54) is 6.26 Å². The molecule has 1 aromatic rings. The zero-order valence-corrected chi connectivity index (χ0v) is 16.3. The average molecular weight is 352 g/mol. The predicted octanol–water partition coefficient (Wildman–Crippen LogP) is 2.47. The van der Waals surface area contributed by atoms with Gasteiger partial charge in [-0.2, -0.15) is 0 Å². The minimum Gasteiger partial charge on any atom is -0.363 e. The third-order valence-electron chi connectivity index (χ3n) is 3.69. The van der Waals surface area contributed by atoms with Crippen molar-refractivity contribution >= 4 is 17.6 Å². The zero-order valence-electron chi connectivity index (χ0n) is 16.3. The largest absolute Gasteiger partial charge is 0.363 e. The lowest BCUT2D eigenvalue weighted by molar-refractivity contribution is -0.135. The first-order valence-corrected chi connectivity index (χ1v) is 8.69. The van der Waals surface area contributed by atoms with E-state index in [1.807, 2.05) is 19.0 Å². The van der Waals surface area contributed by atoms with Gasteiger partial charge in [0.05, 0.1) is 6.54 Å². The Balaban J connectivity index is 2.64. The lowest BCUT2D eigenvalue weighted by Gasteiger charge is -2.27. The van der Waals surface area contributed by atoms with Gasteiger partial charge in [0.1, 0.15) is 6.26 Å². The van der Waals surface area contributed by atoms with E-state index in [1.54, 1.807) is 11.0 Å². The molecule has 1 unspecified atom stereocenters. The highest BCUT2D eigenvalue weighted by molar-refractivity contribution is 5.93. The van der Waals surface area contributed by atoms with Crippen LogP contribution in [0.5, 0.6) is 0 Å². The van der Waals surface area contributed by atoms with E-state index in [0.717, 1.165) is 6.42 Å². The lowest BCUT2D eigenvalue weighted by atomic mass is 9.84. The van der Waals surface area contributed by atoms with Crippen molar-refractivity contribution in [2.45, 2.75) is 40.5 Å². The molecular weight excluding hydrogens is 320 g/mol. The van der Waals surface area contributed by atoms with Gasteiger partial charge in [-0.05, 0) is 31.8 Å². The van der Waals surface area contributed by atoms with Gasteiger partial charge in [-0.25, -0.2) is 0 Å². The summed E-state index contributed by atoms with van der Waals surface area (Å²) >= 11 is 0. The molecule has 0 radical (unpaired) electrons. The number of rotatable bonds is 9. The quantitative estimate of drug-likeness (QED) is 0.738. The first-order chi connectivity index (χ1) is 11.6. The van der Waals surface area contributed by atoms with E-state index in [2.05, 4.69) is 38.2 Å². The van der Waals surface area contributed by atoms with Gasteiger partial charge in [0, 0.05) is 25.6 Å². The molecule has 1 rings (SSSR count). The molecule has 0 spiro atoms. The Morgan fingerprint density at radius 3 is 2.48 bits per heavy atom. The van der Waals surface area contributed by atoms with E-state index < -0.39 is 0 Å². The van der Waals surface area contributed by atoms with Crippen molar-refractivity contribution in [2.24, 2.45) is 11.3 Å². The fourth-order valence-corrected chi connectivity index (χ4v) is 2.79. The van der Waals surface area contributed by atoms with Crippen LogP contribution in [-0.4, -0.2) is 60.5 Å². The summed E-state index contributed by atoms with van der Waals surface area (Å²) in [4.78, 5) is 28.5. The van der Waals surface area contributed by atoms with Crippen molar-refractivity contribution in [3.05, 3.63) is 12.3 Å². The van der Waals surface area contributed by atoms with Crippen LogP contribution >= 0.6 is 0 Å². The molecule has 0 saturated carbocycles. The zero-order chi connectivity index (χ0) is 19.0. The van der Waals surface area contributed by atoms with Crippen LogP contribution in [0.2, 0.25) is 0 Å². The average Bonchev–Trinajstić information content (AvgIpc) is 2.93. The molecule has 0 aliphatic heterocycles. The third kappa shape index (κ3) is 9.24. The molecule has 7 heteroatoms. The number of hydrogen-bond donors (Lipinski definition) is 1. The first kappa shape index (κ1) is 21.2. The number of likely N-dealkylation sites (N-methyl/N-ethyl adjacent to an activating group) is 1. The Kier molecular flexibility index (Phi) is 8.09. The van der Waals surface area contributed by atoms with Gasteiger partial charge in [0.2, 0.25) is 11.8 Å². The summed E-state index contributed by atoms with van der Waals surface area (Å²) in [5.74, 6) is 0.359. The fraction of sp³-hybridized carbons (Fsp3) is 0.722. The standard InChI is InChI=1S/C18H32N4O3/c1-14(12-18(2,3)4)11-17(24)22(9-8-21(5)6)13-16(23)19-15-7-10-25-20-15/h7,10,14H,8-9,11-13H2,1-6H3,(H,19,20,23). The summed E-state index contributed by atoms with van der Waals surface area (Å²) in [7, 11) is 3.89. The van der Waals surface area contributed by atoms with Crippen LogP contribution in [-0.2, 0) is 9.59 Å². The highest BCUT2D eigenvalue weighted by Gasteiger charge is 2.22. The number of nitrogens with zero attached hydrogens (tertiary/aromatic N) is 3. The third-order valence-corrected chi connectivity index (χ3v) is 3.69. The van der Waals surface area contributed by atoms with Gasteiger partial charge in [0.15, 0.2) is 5.82 Å². The van der Waals surface area contributed by atoms with E-state index in [4.69, 9.17) is 4.52 Å². The van der Waals surface area contributed by atoms with E-state index in [-0.39, 0.29) is 29.7 Å². The fourth-order valence-electron chi connectivity index (χ4n) is 2.79. The van der Waals surface area contributed by atoms with E-state index >= 15 is 0 Å². The Bertz CT molecular complexity index is 535. The summed E-state index contributed by atoms with van der Waals surface area (Å²) in [6.45, 7) is 9.83. The molecule has 2 amide bonds. The highest BCUT2D eigenvalue weighted by Crippen LogP contribution is 2.26. The second-order valence-electron chi connectivity index (χ2n) is 8.13. The number of anilines is 1. The maximum atomic E-state index is 12.7. The van der Waals surface area contributed by atoms with Gasteiger partial charge < -0.3 is 19.6 Å². The summed E-state index contributed by atoms with van der Waals surface area (Å²) in [6, 6.07) is 1.56. The van der Waals surface area contributed by atoms with Crippen molar-refractivity contribution < 1.29 is 14.1 Å². The molecule has 1 atom stereocenters. The summed E-state index contributed by atoms with van der Waals surface area (Å²) in [5.41, 5.74) is 0.179. The number of carbonyl (C=O) groups excluding carboxylic acids is 2. The summed E-state index contributed by atoms with van der Waals surface area (Å²) in [6.07, 6.45) is 2.80. The number of aromatic nitrogens is 1. The van der Waals surface area contributed by atoms with Gasteiger partial charge in [0.25, 0.3) is 0 Å². The summed E-state index contributed by atoms with van der Waals surface area (Å²) in [5, 5.41) is 6.29. The predicted molar refractivity (Wildman–Crippen MR) is 98.1 cm³/mol. The van der Waals surface area contributed by atoms with Crippen molar-refractivity contribution in [3.63, 3.8) is 0 Å². The topological polar surface area (TPSA) is 78.7 Å². The molecule has 0 saturated heterocycles. The molecule has 0 fully saturated rings. The molecule has 0 aliphatic carbocycles. The summed E-state index contributed by atoms with van der Waals surface area (Å²) < 4.78 is 4.69. The van der Waals surface area contributed by atoms with Crippen LogP contribution in [0.4, 0.5) is 5.82 Å². The van der Waals surface area contributed by atoms with Gasteiger partial charge in [-0.15, -0.1) is 0 Å². The van der Waals surface area contributed by atoms with Crippen LogP contribution in [0, 0.1) is 11.3 Å². The molecule has 1 N–H and O–H groups in total. The second-order valence-corrected chi connectivity index (χ2v) is 8.13. The van der Waals surface area contributed by atoms with E-state index in [0.29, 0.717) is 25.3 Å². The maximum absolute atomic E-state index is 12.7. The van der Waals surface area contributed by atoms with Gasteiger partial charge in [-0.3, -0.25) is 9.59 Å². The molecular formula is C18H32N4O3. The van der Waals surface area contributed by atoms with Crippen LogP contribution in [0.1, 0.15) is 40.5 Å². The molecule has 0 aliphatic rings. The van der Waals surface area contributed by atoms with E-state index in [9.17, 15) is 9.59 Å². The molecule has 1 heterocycles. The van der Waals surface area contributed by atoms with Crippen LogP contribution in [0.25, 0.3) is 0 Å². The second kappa shape index (κ2) is 9.56. The van der Waals surface area contributed by atoms with Gasteiger partial charge >= 0.3 is 0 Å². The van der Waals surface area contributed by atoms with Crippen molar-refractivity contribution in [1.82, 2.24) is 15.0 Å². The minimum absolute atomic E-state index is 0.00824. The molecule has 0 aromatic carbocycles. The van der Waals surface area contributed by atoms with Crippen molar-refractivity contribution in [2.75, 3.05) is 39.0 Å². The number of amides is 2. The molecule has 25 heavy (non-hydrogen) atoms. The van der Waals surface area contributed by atoms with Crippen LogP contribution < -0.4 is 5.32 Å².